The third-order valence-corrected chi connectivity index (χ3v) is 9.11. The van der Waals surface area contributed by atoms with Gasteiger partial charge in [0.1, 0.15) is 48.5 Å². The fourth-order valence-corrected chi connectivity index (χ4v) is 5.97. The molecule has 0 radical (unpaired) electrons. The fraction of sp³-hybridized carbons (Fsp3) is 0.694. The van der Waals surface area contributed by atoms with Crippen molar-refractivity contribution in [3.8, 4) is 6.07 Å². The molecule has 5 atom stereocenters. The average molecular weight is 731 g/mol. The Bertz CT molecular complexity index is 1500. The molecule has 0 unspecified atom stereocenters. The third kappa shape index (κ3) is 10.8. The van der Waals surface area contributed by atoms with Gasteiger partial charge in [-0.1, -0.05) is 39.5 Å². The molecule has 288 valence electrons. The average Bonchev–Trinajstić information content (AvgIpc) is 3.56. The first-order chi connectivity index (χ1) is 24.4. The van der Waals surface area contributed by atoms with Crippen LogP contribution >= 0.6 is 0 Å². The number of aromatic amines is 1. The monoisotopic (exact) mass is 730 g/mol. The van der Waals surface area contributed by atoms with Gasteiger partial charge in [0.25, 0.3) is 5.91 Å². The fourth-order valence-electron chi connectivity index (χ4n) is 5.97. The molecule has 2 fully saturated rings. The number of aliphatic imine (C=N–C) groups is 1. The second-order valence-electron chi connectivity index (χ2n) is 15.0. The number of rotatable bonds is 13. The summed E-state index contributed by atoms with van der Waals surface area (Å²) in [5, 5.41) is 34.9. The van der Waals surface area contributed by atoms with Crippen LogP contribution in [0.2, 0.25) is 0 Å². The molecule has 2 aliphatic rings. The summed E-state index contributed by atoms with van der Waals surface area (Å²) in [7, 11) is 1.36. The minimum absolute atomic E-state index is 0.00366. The predicted molar refractivity (Wildman–Crippen MR) is 188 cm³/mol. The third-order valence-electron chi connectivity index (χ3n) is 9.11. The van der Waals surface area contributed by atoms with Gasteiger partial charge in [-0.2, -0.15) is 5.26 Å². The van der Waals surface area contributed by atoms with Crippen LogP contribution in [-0.4, -0.2) is 95.5 Å². The standard InChI is InChI=1S/C36H54N6O10/c1-21(2)27(41-33(47)52-34(3,4)5)31(45)50-28-24(18-49-26(43)17-22-13-11-9-10-12-14-22)51-36(19-37,29(28)44)25-16-15-23(40-25)30(39-20-38)42-32(46)35(6,7)48-8/h15-16,20-22,24,27-29,40,44H,9-14,17-18H2,1-8H3,(H,41,47)(H2,38,39,42,46)/t24-,27+,28-,29-,36+/m1/s1. The van der Waals surface area contributed by atoms with E-state index in [0.717, 1.165) is 38.5 Å². The number of aliphatic hydroxyl groups excluding tert-OH is 1. The van der Waals surface area contributed by atoms with E-state index in [4.69, 9.17) is 29.1 Å². The van der Waals surface area contributed by atoms with E-state index < -0.39 is 77.6 Å². The van der Waals surface area contributed by atoms with Crippen LogP contribution in [0.5, 0.6) is 0 Å². The largest absolute Gasteiger partial charge is 0.463 e. The summed E-state index contributed by atoms with van der Waals surface area (Å²) in [5.41, 5.74) is -4.14. The number of nitriles is 1. The molecule has 0 bridgehead atoms. The number of methoxy groups -OCH3 is 1. The number of hydrogen-bond donors (Lipinski definition) is 5. The van der Waals surface area contributed by atoms with Gasteiger partial charge in [-0.15, -0.1) is 0 Å². The Kier molecular flexibility index (Phi) is 14.5. The van der Waals surface area contributed by atoms with Crippen LogP contribution in [-0.2, 0) is 43.7 Å². The van der Waals surface area contributed by atoms with Crippen LogP contribution in [0.15, 0.2) is 17.1 Å². The maximum atomic E-state index is 13.6. The van der Waals surface area contributed by atoms with Crippen molar-refractivity contribution in [2.75, 3.05) is 13.7 Å². The Morgan fingerprint density at radius 2 is 1.81 bits per heavy atom. The maximum absolute atomic E-state index is 13.6. The molecule has 0 spiro atoms. The SMILES string of the molecule is COC(C)(C)C(=O)N/C(=N/C=N)c1ccc([C@]2(C#N)O[C@H](COC(=O)CC3CCCCCC3)[C@@H](OC(=O)[C@@H](NC(=O)OC(C)(C)C)C(C)C)[C@H]2O)[nH]1. The van der Waals surface area contributed by atoms with E-state index >= 15 is 0 Å². The quantitative estimate of drug-likeness (QED) is 0.0644. The lowest BCUT2D eigenvalue weighted by atomic mass is 9.92. The molecule has 1 aliphatic carbocycles. The van der Waals surface area contributed by atoms with Crippen LogP contribution in [0.4, 0.5) is 4.79 Å². The van der Waals surface area contributed by atoms with E-state index in [9.17, 15) is 29.5 Å². The topological polar surface area (TPSA) is 235 Å². The van der Waals surface area contributed by atoms with E-state index in [-0.39, 0.29) is 29.6 Å². The summed E-state index contributed by atoms with van der Waals surface area (Å²) in [5.74, 6) is -2.39. The predicted octanol–water partition coefficient (Wildman–Crippen LogP) is 3.75. The molecule has 1 saturated carbocycles. The number of carbonyl (C=O) groups excluding carboxylic acids is 4. The van der Waals surface area contributed by atoms with Crippen molar-refractivity contribution in [2.24, 2.45) is 16.8 Å². The number of ether oxygens (including phenoxy) is 5. The minimum atomic E-state index is -2.20. The number of H-pyrrole nitrogens is 1. The van der Waals surface area contributed by atoms with Gasteiger partial charge >= 0.3 is 18.0 Å². The van der Waals surface area contributed by atoms with Crippen molar-refractivity contribution in [2.45, 2.75) is 135 Å². The first-order valence-electron chi connectivity index (χ1n) is 17.6. The minimum Gasteiger partial charge on any atom is -0.463 e. The first kappa shape index (κ1) is 42.1. The molecule has 1 aromatic heterocycles. The van der Waals surface area contributed by atoms with E-state index in [2.05, 4.69) is 20.6 Å². The lowest BCUT2D eigenvalue weighted by Gasteiger charge is -2.28. The summed E-state index contributed by atoms with van der Waals surface area (Å²) in [4.78, 5) is 58.9. The van der Waals surface area contributed by atoms with Crippen molar-refractivity contribution in [3.05, 3.63) is 23.5 Å². The van der Waals surface area contributed by atoms with Crippen molar-refractivity contribution < 1.29 is 48.0 Å². The molecule has 16 nitrogen and oxygen atoms in total. The zero-order chi connectivity index (χ0) is 38.9. The number of nitrogens with zero attached hydrogens (tertiary/aromatic N) is 2. The Hall–Kier alpha value is -4.33. The molecule has 52 heavy (non-hydrogen) atoms. The highest BCUT2D eigenvalue weighted by Gasteiger charge is 2.59. The second-order valence-corrected chi connectivity index (χ2v) is 15.0. The molecule has 1 aliphatic heterocycles. The van der Waals surface area contributed by atoms with Gasteiger partial charge in [-0.05, 0) is 71.4 Å². The van der Waals surface area contributed by atoms with E-state index in [0.29, 0.717) is 6.34 Å². The number of nitrogens with one attached hydrogen (secondary N) is 4. The van der Waals surface area contributed by atoms with Crippen LogP contribution < -0.4 is 10.6 Å². The number of alkyl carbamates (subject to hydrolysis) is 1. The van der Waals surface area contributed by atoms with Gasteiger partial charge in [0.05, 0.1) is 11.4 Å². The second kappa shape index (κ2) is 17.9. The number of amides is 2. The summed E-state index contributed by atoms with van der Waals surface area (Å²) in [6.07, 6.45) is 1.49. The molecule has 16 heteroatoms. The number of hydrogen-bond acceptors (Lipinski definition) is 12. The molecular weight excluding hydrogens is 676 g/mol. The lowest BCUT2D eigenvalue weighted by molar-refractivity contribution is -0.163. The molecule has 1 aromatic rings. The first-order valence-corrected chi connectivity index (χ1v) is 17.6. The lowest BCUT2D eigenvalue weighted by Crippen LogP contribution is -2.50. The highest BCUT2D eigenvalue weighted by molar-refractivity contribution is 6.10. The van der Waals surface area contributed by atoms with Crippen LogP contribution in [0.1, 0.15) is 105 Å². The number of aromatic nitrogens is 1. The summed E-state index contributed by atoms with van der Waals surface area (Å²) >= 11 is 0. The Morgan fingerprint density at radius 3 is 2.37 bits per heavy atom. The Labute approximate surface area is 304 Å². The van der Waals surface area contributed by atoms with Crippen LogP contribution in [0.25, 0.3) is 0 Å². The molecule has 2 heterocycles. The van der Waals surface area contributed by atoms with E-state index in [1.807, 2.05) is 6.07 Å². The van der Waals surface area contributed by atoms with Gasteiger partial charge in [-0.25, -0.2) is 14.6 Å². The van der Waals surface area contributed by atoms with E-state index in [1.165, 1.54) is 33.1 Å². The smallest absolute Gasteiger partial charge is 0.408 e. The van der Waals surface area contributed by atoms with Crippen molar-refractivity contribution in [1.82, 2.24) is 15.6 Å². The Morgan fingerprint density at radius 1 is 1.15 bits per heavy atom. The molecule has 0 aromatic carbocycles. The summed E-state index contributed by atoms with van der Waals surface area (Å²) < 4.78 is 28.1. The molecular formula is C36H54N6O10. The molecule has 1 saturated heterocycles. The van der Waals surface area contributed by atoms with Crippen molar-refractivity contribution >= 4 is 36.1 Å². The molecule has 2 amide bonds. The van der Waals surface area contributed by atoms with E-state index in [1.54, 1.807) is 34.6 Å². The summed E-state index contributed by atoms with van der Waals surface area (Å²) in [6.45, 7) is 11.0. The number of esters is 2. The van der Waals surface area contributed by atoms with Gasteiger partial charge in [-0.3, -0.25) is 15.0 Å². The molecule has 3 rings (SSSR count). The maximum Gasteiger partial charge on any atom is 0.408 e. The van der Waals surface area contributed by atoms with Crippen LogP contribution in [0.3, 0.4) is 0 Å². The van der Waals surface area contributed by atoms with Gasteiger partial charge in [0, 0.05) is 13.5 Å². The zero-order valence-electron chi connectivity index (χ0n) is 31.4. The summed E-state index contributed by atoms with van der Waals surface area (Å²) in [6, 6.07) is 3.64. The van der Waals surface area contributed by atoms with Gasteiger partial charge in [0.15, 0.2) is 11.9 Å². The highest BCUT2D eigenvalue weighted by atomic mass is 16.6. The highest BCUT2D eigenvalue weighted by Crippen LogP contribution is 2.41. The zero-order valence-corrected chi connectivity index (χ0v) is 31.4. The number of aliphatic hydroxyl groups is 1. The number of carbonyl (C=O) groups is 4. The van der Waals surface area contributed by atoms with Crippen molar-refractivity contribution in [3.63, 3.8) is 0 Å². The van der Waals surface area contributed by atoms with Gasteiger partial charge < -0.3 is 44.4 Å². The Balaban J connectivity index is 1.93. The van der Waals surface area contributed by atoms with Crippen molar-refractivity contribution in [1.29, 1.82) is 10.7 Å². The van der Waals surface area contributed by atoms with Gasteiger partial charge in [0.2, 0.25) is 5.60 Å². The number of amidine groups is 1. The molecule has 5 N–H and O–H groups in total. The van der Waals surface area contributed by atoms with Crippen LogP contribution in [0, 0.1) is 28.6 Å². The normalized spacial score (nSPS) is 23.6.